The third-order valence-electron chi connectivity index (χ3n) is 6.73. The number of anilines is 1. The van der Waals surface area contributed by atoms with E-state index >= 15 is 0 Å². The molecule has 3 amide bonds. The first-order chi connectivity index (χ1) is 18.6. The standard InChI is InChI=1S/C30H38N4O4/c1-2-25-11-13-27(14-12-25)31-30(36)33(16-7-15-32-17-20-37-21-18-32)24-29(35)34(23-28-10-6-19-38-28)22-26-8-4-3-5-9-26/h3-6,8-14,19H,2,7,15-18,20-24H2,1H3,(H,31,36). The van der Waals surface area contributed by atoms with Crippen LogP contribution in [0, 0.1) is 0 Å². The highest BCUT2D eigenvalue weighted by Crippen LogP contribution is 2.14. The Balaban J connectivity index is 1.45. The van der Waals surface area contributed by atoms with Gasteiger partial charge in [-0.25, -0.2) is 4.79 Å². The fourth-order valence-corrected chi connectivity index (χ4v) is 4.48. The van der Waals surface area contributed by atoms with Crippen molar-refractivity contribution in [3.05, 3.63) is 89.9 Å². The van der Waals surface area contributed by atoms with Crippen molar-refractivity contribution in [1.29, 1.82) is 0 Å². The van der Waals surface area contributed by atoms with Crippen molar-refractivity contribution in [3.8, 4) is 0 Å². The number of rotatable bonds is 12. The van der Waals surface area contributed by atoms with Gasteiger partial charge in [0.2, 0.25) is 5.91 Å². The summed E-state index contributed by atoms with van der Waals surface area (Å²) in [6.45, 7) is 7.43. The van der Waals surface area contributed by atoms with Crippen LogP contribution in [-0.2, 0) is 29.0 Å². The zero-order chi connectivity index (χ0) is 26.6. The average molecular weight is 519 g/mol. The Labute approximate surface area is 225 Å². The van der Waals surface area contributed by atoms with E-state index in [0.29, 0.717) is 25.4 Å². The molecule has 1 aliphatic heterocycles. The molecule has 1 fully saturated rings. The number of aryl methyl sites for hydroxylation is 1. The van der Waals surface area contributed by atoms with E-state index in [1.807, 2.05) is 66.7 Å². The number of ether oxygens (including phenoxy) is 1. The van der Waals surface area contributed by atoms with Gasteiger partial charge in [0.05, 0.1) is 26.0 Å². The molecule has 0 bridgehead atoms. The third-order valence-corrected chi connectivity index (χ3v) is 6.73. The number of benzene rings is 2. The highest BCUT2D eigenvalue weighted by molar-refractivity contribution is 5.92. The normalized spacial score (nSPS) is 13.7. The van der Waals surface area contributed by atoms with Gasteiger partial charge in [0.25, 0.3) is 0 Å². The van der Waals surface area contributed by atoms with Crippen LogP contribution in [0.25, 0.3) is 0 Å². The fraction of sp³-hybridized carbons (Fsp3) is 0.400. The van der Waals surface area contributed by atoms with Crippen molar-refractivity contribution in [2.75, 3.05) is 51.3 Å². The largest absolute Gasteiger partial charge is 0.467 e. The first-order valence-corrected chi connectivity index (χ1v) is 13.4. The summed E-state index contributed by atoms with van der Waals surface area (Å²) < 4.78 is 11.0. The maximum Gasteiger partial charge on any atom is 0.322 e. The predicted octanol–water partition coefficient (Wildman–Crippen LogP) is 4.63. The molecule has 0 radical (unpaired) electrons. The molecule has 0 atom stereocenters. The fourth-order valence-electron chi connectivity index (χ4n) is 4.48. The molecule has 38 heavy (non-hydrogen) atoms. The second-order valence-corrected chi connectivity index (χ2v) is 9.52. The zero-order valence-corrected chi connectivity index (χ0v) is 22.2. The minimum absolute atomic E-state index is 0.0183. The van der Waals surface area contributed by atoms with E-state index in [-0.39, 0.29) is 18.5 Å². The van der Waals surface area contributed by atoms with Crippen molar-refractivity contribution in [1.82, 2.24) is 14.7 Å². The summed E-state index contributed by atoms with van der Waals surface area (Å²) in [6, 6.07) is 21.1. The van der Waals surface area contributed by atoms with Gasteiger partial charge in [-0.15, -0.1) is 0 Å². The molecule has 3 aromatic rings. The number of amides is 3. The van der Waals surface area contributed by atoms with Crippen LogP contribution >= 0.6 is 0 Å². The molecule has 4 rings (SSSR count). The Bertz CT molecular complexity index is 1110. The summed E-state index contributed by atoms with van der Waals surface area (Å²) in [5.74, 6) is 0.571. The number of carbonyl (C=O) groups excluding carboxylic acids is 2. The summed E-state index contributed by atoms with van der Waals surface area (Å²) in [5.41, 5.74) is 2.94. The first kappa shape index (κ1) is 27.4. The number of urea groups is 1. The van der Waals surface area contributed by atoms with Gasteiger partial charge in [-0.1, -0.05) is 49.4 Å². The molecule has 1 saturated heterocycles. The van der Waals surface area contributed by atoms with Crippen LogP contribution in [0.2, 0.25) is 0 Å². The van der Waals surface area contributed by atoms with Crippen LogP contribution in [0.3, 0.4) is 0 Å². The Kier molecular flexibility index (Phi) is 10.4. The molecule has 0 aliphatic carbocycles. The highest BCUT2D eigenvalue weighted by atomic mass is 16.5. The van der Waals surface area contributed by atoms with Crippen LogP contribution in [-0.4, -0.2) is 72.6 Å². The summed E-state index contributed by atoms with van der Waals surface area (Å²) in [5, 5.41) is 2.99. The van der Waals surface area contributed by atoms with E-state index in [0.717, 1.165) is 56.9 Å². The number of nitrogens with zero attached hydrogens (tertiary/aromatic N) is 3. The smallest absolute Gasteiger partial charge is 0.322 e. The van der Waals surface area contributed by atoms with Gasteiger partial charge in [0.15, 0.2) is 0 Å². The molecule has 8 nitrogen and oxygen atoms in total. The lowest BCUT2D eigenvalue weighted by Crippen LogP contribution is -2.45. The van der Waals surface area contributed by atoms with E-state index < -0.39 is 0 Å². The average Bonchev–Trinajstić information content (AvgIpc) is 3.47. The Morgan fingerprint density at radius 3 is 2.34 bits per heavy atom. The molecule has 0 saturated carbocycles. The number of hydrogen-bond acceptors (Lipinski definition) is 5. The lowest BCUT2D eigenvalue weighted by atomic mass is 10.1. The summed E-state index contributed by atoms with van der Waals surface area (Å²) in [4.78, 5) is 32.7. The van der Waals surface area contributed by atoms with Crippen molar-refractivity contribution >= 4 is 17.6 Å². The topological polar surface area (TPSA) is 78.3 Å². The van der Waals surface area contributed by atoms with Gasteiger partial charge in [0, 0.05) is 38.4 Å². The van der Waals surface area contributed by atoms with Crippen LogP contribution in [0.5, 0.6) is 0 Å². The SMILES string of the molecule is CCc1ccc(NC(=O)N(CCCN2CCOCC2)CC(=O)N(Cc2ccccc2)Cc2ccco2)cc1. The molecule has 2 aromatic carbocycles. The van der Waals surface area contributed by atoms with Gasteiger partial charge in [-0.3, -0.25) is 9.69 Å². The summed E-state index contributed by atoms with van der Waals surface area (Å²) in [6.07, 6.45) is 3.31. The number of hydrogen-bond donors (Lipinski definition) is 1. The van der Waals surface area contributed by atoms with E-state index in [2.05, 4.69) is 17.1 Å². The van der Waals surface area contributed by atoms with Crippen LogP contribution in [0.15, 0.2) is 77.4 Å². The minimum Gasteiger partial charge on any atom is -0.467 e. The maximum atomic E-state index is 13.6. The lowest BCUT2D eigenvalue weighted by Gasteiger charge is -2.30. The van der Waals surface area contributed by atoms with Crippen molar-refractivity contribution in [2.24, 2.45) is 0 Å². The number of furan rings is 1. The van der Waals surface area contributed by atoms with Crippen LogP contribution < -0.4 is 5.32 Å². The van der Waals surface area contributed by atoms with Gasteiger partial charge in [-0.05, 0) is 48.2 Å². The maximum absolute atomic E-state index is 13.6. The quantitative estimate of drug-likeness (QED) is 0.378. The zero-order valence-electron chi connectivity index (χ0n) is 22.2. The highest BCUT2D eigenvalue weighted by Gasteiger charge is 2.23. The Hall–Kier alpha value is -3.62. The minimum atomic E-state index is -0.276. The molecule has 1 aromatic heterocycles. The van der Waals surface area contributed by atoms with Gasteiger partial charge >= 0.3 is 6.03 Å². The van der Waals surface area contributed by atoms with E-state index in [1.54, 1.807) is 16.1 Å². The van der Waals surface area contributed by atoms with Crippen molar-refractivity contribution in [3.63, 3.8) is 0 Å². The summed E-state index contributed by atoms with van der Waals surface area (Å²) >= 11 is 0. The van der Waals surface area contributed by atoms with Crippen molar-refractivity contribution < 1.29 is 18.7 Å². The van der Waals surface area contributed by atoms with Crippen LogP contribution in [0.1, 0.15) is 30.2 Å². The Morgan fingerprint density at radius 2 is 1.66 bits per heavy atom. The molecular weight excluding hydrogens is 480 g/mol. The number of carbonyl (C=O) groups is 2. The second kappa shape index (κ2) is 14.4. The number of nitrogens with one attached hydrogen (secondary N) is 1. The number of morpholine rings is 1. The summed E-state index contributed by atoms with van der Waals surface area (Å²) in [7, 11) is 0. The molecular formula is C30H38N4O4. The molecule has 0 spiro atoms. The predicted molar refractivity (Wildman–Crippen MR) is 148 cm³/mol. The molecule has 202 valence electrons. The van der Waals surface area contributed by atoms with Crippen molar-refractivity contribution in [2.45, 2.75) is 32.9 Å². The van der Waals surface area contributed by atoms with Gasteiger partial charge < -0.3 is 24.3 Å². The Morgan fingerprint density at radius 1 is 0.895 bits per heavy atom. The molecule has 2 heterocycles. The van der Waals surface area contributed by atoms with Crippen LogP contribution in [0.4, 0.5) is 10.5 Å². The monoisotopic (exact) mass is 518 g/mol. The lowest BCUT2D eigenvalue weighted by molar-refractivity contribution is -0.133. The second-order valence-electron chi connectivity index (χ2n) is 9.52. The van der Waals surface area contributed by atoms with Gasteiger partial charge in [0.1, 0.15) is 12.3 Å². The third kappa shape index (κ3) is 8.46. The molecule has 1 aliphatic rings. The van der Waals surface area contributed by atoms with E-state index in [1.165, 1.54) is 5.56 Å². The molecule has 0 unspecified atom stereocenters. The molecule has 8 heteroatoms. The molecule has 1 N–H and O–H groups in total. The van der Waals surface area contributed by atoms with E-state index in [4.69, 9.17) is 9.15 Å². The van der Waals surface area contributed by atoms with Gasteiger partial charge in [-0.2, -0.15) is 0 Å². The van der Waals surface area contributed by atoms with E-state index in [9.17, 15) is 9.59 Å². The first-order valence-electron chi connectivity index (χ1n) is 13.4.